The molecule has 1 saturated carbocycles. The summed E-state index contributed by atoms with van der Waals surface area (Å²) in [6, 6.07) is 0. The first kappa shape index (κ1) is 10.8. The molecule has 1 fully saturated rings. The highest BCUT2D eigenvalue weighted by atomic mass is 16.4. The summed E-state index contributed by atoms with van der Waals surface area (Å²) < 4.78 is 0. The summed E-state index contributed by atoms with van der Waals surface area (Å²) in [4.78, 5) is 21.8. The number of carboxylic acid groups (broad SMARTS) is 2. The first-order valence-corrected chi connectivity index (χ1v) is 4.68. The monoisotopic (exact) mass is 198 g/mol. The van der Waals surface area contributed by atoms with E-state index in [-0.39, 0.29) is 0 Å². The second-order valence-electron chi connectivity index (χ2n) is 3.52. The van der Waals surface area contributed by atoms with Gasteiger partial charge in [-0.2, -0.15) is 0 Å². The van der Waals surface area contributed by atoms with Gasteiger partial charge in [-0.05, 0) is 26.2 Å². The molecule has 0 aliphatic heterocycles. The summed E-state index contributed by atoms with van der Waals surface area (Å²) in [7, 11) is 0. The van der Waals surface area contributed by atoms with E-state index in [0.717, 1.165) is 12.0 Å². The average Bonchev–Trinajstić information content (AvgIpc) is 2.16. The molecule has 0 radical (unpaired) electrons. The molecule has 4 nitrogen and oxygen atoms in total. The van der Waals surface area contributed by atoms with Gasteiger partial charge in [0.2, 0.25) is 0 Å². The van der Waals surface area contributed by atoms with Crippen LogP contribution in [0.5, 0.6) is 0 Å². The van der Waals surface area contributed by atoms with E-state index in [1.807, 2.05) is 0 Å². The minimum atomic E-state index is -1.02. The zero-order valence-corrected chi connectivity index (χ0v) is 8.06. The maximum atomic E-state index is 10.9. The predicted molar refractivity (Wildman–Crippen MR) is 49.9 cm³/mol. The topological polar surface area (TPSA) is 74.6 Å². The molecule has 0 bridgehead atoms. The van der Waals surface area contributed by atoms with Crippen LogP contribution in [0.25, 0.3) is 0 Å². The molecule has 78 valence electrons. The summed E-state index contributed by atoms with van der Waals surface area (Å²) in [5.41, 5.74) is 0.746. The minimum Gasteiger partial charge on any atom is -0.481 e. The Morgan fingerprint density at radius 1 is 1.36 bits per heavy atom. The van der Waals surface area contributed by atoms with E-state index in [4.69, 9.17) is 10.2 Å². The Balaban J connectivity index is 2.95. The molecule has 0 aromatic heterocycles. The molecule has 0 saturated heterocycles. The van der Waals surface area contributed by atoms with E-state index < -0.39 is 23.8 Å². The standard InChI is InChI=1S/C10H14O4/c1-2-6-4-3-5-7(9(11)12)8(6)10(13)14/h2,7-8H,3-5H2,1H3,(H,11,12)(H,13,14). The van der Waals surface area contributed by atoms with Crippen molar-refractivity contribution in [3.05, 3.63) is 11.6 Å². The van der Waals surface area contributed by atoms with Gasteiger partial charge in [-0.25, -0.2) is 0 Å². The maximum absolute atomic E-state index is 10.9. The number of hydrogen-bond donors (Lipinski definition) is 2. The smallest absolute Gasteiger partial charge is 0.311 e. The number of rotatable bonds is 2. The zero-order valence-electron chi connectivity index (χ0n) is 8.06. The quantitative estimate of drug-likeness (QED) is 0.659. The third-order valence-electron chi connectivity index (χ3n) is 2.74. The Morgan fingerprint density at radius 2 is 2.00 bits per heavy atom. The van der Waals surface area contributed by atoms with E-state index in [9.17, 15) is 9.59 Å². The number of allylic oxidation sites excluding steroid dienone is 1. The lowest BCUT2D eigenvalue weighted by Crippen LogP contribution is -2.34. The fourth-order valence-corrected chi connectivity index (χ4v) is 2.03. The lowest BCUT2D eigenvalue weighted by Gasteiger charge is -2.27. The minimum absolute atomic E-state index is 0.462. The van der Waals surface area contributed by atoms with Gasteiger partial charge in [0.1, 0.15) is 0 Å². The second-order valence-corrected chi connectivity index (χ2v) is 3.52. The van der Waals surface area contributed by atoms with Gasteiger partial charge in [0.15, 0.2) is 0 Å². The summed E-state index contributed by atoms with van der Waals surface area (Å²) in [5, 5.41) is 17.8. The van der Waals surface area contributed by atoms with Crippen molar-refractivity contribution in [2.75, 3.05) is 0 Å². The van der Waals surface area contributed by atoms with Gasteiger partial charge in [0, 0.05) is 0 Å². The summed E-state index contributed by atoms with van der Waals surface area (Å²) in [6.07, 6.45) is 3.66. The fourth-order valence-electron chi connectivity index (χ4n) is 2.03. The molecule has 2 atom stereocenters. The van der Waals surface area contributed by atoms with Crippen LogP contribution in [0.4, 0.5) is 0 Å². The molecule has 4 heteroatoms. The van der Waals surface area contributed by atoms with Crippen molar-refractivity contribution in [3.63, 3.8) is 0 Å². The zero-order chi connectivity index (χ0) is 10.7. The largest absolute Gasteiger partial charge is 0.481 e. The Bertz CT molecular complexity index is 280. The van der Waals surface area contributed by atoms with Crippen LogP contribution < -0.4 is 0 Å². The third-order valence-corrected chi connectivity index (χ3v) is 2.74. The van der Waals surface area contributed by atoms with Gasteiger partial charge < -0.3 is 10.2 Å². The summed E-state index contributed by atoms with van der Waals surface area (Å²) >= 11 is 0. The van der Waals surface area contributed by atoms with E-state index in [1.54, 1.807) is 13.0 Å². The molecule has 1 aliphatic carbocycles. The maximum Gasteiger partial charge on any atom is 0.311 e. The molecule has 0 heterocycles. The Morgan fingerprint density at radius 3 is 2.43 bits per heavy atom. The van der Waals surface area contributed by atoms with Crippen molar-refractivity contribution in [1.82, 2.24) is 0 Å². The highest BCUT2D eigenvalue weighted by Gasteiger charge is 2.38. The lowest BCUT2D eigenvalue weighted by molar-refractivity contribution is -0.153. The van der Waals surface area contributed by atoms with Crippen LogP contribution in [-0.4, -0.2) is 22.2 Å². The summed E-state index contributed by atoms with van der Waals surface area (Å²) in [5.74, 6) is -3.61. The second kappa shape index (κ2) is 4.26. The van der Waals surface area contributed by atoms with E-state index in [0.29, 0.717) is 12.8 Å². The van der Waals surface area contributed by atoms with Gasteiger partial charge in [0.25, 0.3) is 0 Å². The Kier molecular flexibility index (Phi) is 3.28. The number of hydrogen-bond acceptors (Lipinski definition) is 2. The first-order chi connectivity index (χ1) is 6.57. The lowest BCUT2D eigenvalue weighted by atomic mass is 9.75. The van der Waals surface area contributed by atoms with Gasteiger partial charge in [-0.3, -0.25) is 9.59 Å². The molecule has 0 aromatic carbocycles. The van der Waals surface area contributed by atoms with Crippen molar-refractivity contribution in [3.8, 4) is 0 Å². The van der Waals surface area contributed by atoms with Gasteiger partial charge in [0.05, 0.1) is 11.8 Å². The van der Waals surface area contributed by atoms with Crippen molar-refractivity contribution in [1.29, 1.82) is 0 Å². The van der Waals surface area contributed by atoms with Gasteiger partial charge >= 0.3 is 11.9 Å². The van der Waals surface area contributed by atoms with Gasteiger partial charge in [-0.15, -0.1) is 0 Å². The van der Waals surface area contributed by atoms with Crippen LogP contribution >= 0.6 is 0 Å². The van der Waals surface area contributed by atoms with Crippen LogP contribution in [0, 0.1) is 11.8 Å². The average molecular weight is 198 g/mol. The number of carbonyl (C=O) groups is 2. The molecule has 1 rings (SSSR count). The van der Waals surface area contributed by atoms with E-state index in [1.165, 1.54) is 0 Å². The number of carboxylic acids is 2. The Labute approximate surface area is 82.2 Å². The van der Waals surface area contributed by atoms with Crippen LogP contribution in [0.15, 0.2) is 11.6 Å². The molecular formula is C10H14O4. The molecule has 1 aliphatic rings. The molecule has 0 spiro atoms. The SMILES string of the molecule is CC=C1CCCC(C(=O)O)C1C(=O)O. The van der Waals surface area contributed by atoms with Crippen molar-refractivity contribution in [2.24, 2.45) is 11.8 Å². The predicted octanol–water partition coefficient (Wildman–Crippen LogP) is 1.52. The van der Waals surface area contributed by atoms with Crippen LogP contribution in [0.2, 0.25) is 0 Å². The third kappa shape index (κ3) is 1.95. The number of aliphatic carboxylic acids is 2. The highest BCUT2D eigenvalue weighted by molar-refractivity contribution is 5.82. The van der Waals surface area contributed by atoms with Crippen LogP contribution in [-0.2, 0) is 9.59 Å². The Hall–Kier alpha value is -1.32. The molecule has 14 heavy (non-hydrogen) atoms. The van der Waals surface area contributed by atoms with Crippen molar-refractivity contribution < 1.29 is 19.8 Å². The molecule has 0 aromatic rings. The van der Waals surface area contributed by atoms with E-state index >= 15 is 0 Å². The molecule has 0 amide bonds. The van der Waals surface area contributed by atoms with Gasteiger partial charge in [-0.1, -0.05) is 11.6 Å². The highest BCUT2D eigenvalue weighted by Crippen LogP contribution is 2.34. The fraction of sp³-hybridized carbons (Fsp3) is 0.600. The van der Waals surface area contributed by atoms with Crippen molar-refractivity contribution in [2.45, 2.75) is 26.2 Å². The van der Waals surface area contributed by atoms with Crippen LogP contribution in [0.3, 0.4) is 0 Å². The van der Waals surface area contributed by atoms with E-state index in [2.05, 4.69) is 0 Å². The molecule has 2 unspecified atom stereocenters. The normalized spacial score (nSPS) is 30.2. The van der Waals surface area contributed by atoms with Crippen LogP contribution in [0.1, 0.15) is 26.2 Å². The first-order valence-electron chi connectivity index (χ1n) is 4.68. The molecular weight excluding hydrogens is 184 g/mol. The molecule has 2 N–H and O–H groups in total. The summed E-state index contributed by atoms with van der Waals surface area (Å²) in [6.45, 7) is 1.76. The van der Waals surface area contributed by atoms with Crippen molar-refractivity contribution >= 4 is 11.9 Å².